The lowest BCUT2D eigenvalue weighted by Gasteiger charge is -2.05. The van der Waals surface area contributed by atoms with Gasteiger partial charge in [0.15, 0.2) is 5.69 Å². The Bertz CT molecular complexity index is 1320. The van der Waals surface area contributed by atoms with Crippen molar-refractivity contribution in [3.8, 4) is 28.2 Å². The summed E-state index contributed by atoms with van der Waals surface area (Å²) in [6.45, 7) is 0. The van der Waals surface area contributed by atoms with Crippen LogP contribution in [0.3, 0.4) is 0 Å². The van der Waals surface area contributed by atoms with Crippen molar-refractivity contribution in [1.29, 1.82) is 0 Å². The fraction of sp³-hybridized carbons (Fsp3) is 0. The number of aromatic amines is 1. The number of carbonyl (C=O) groups is 1. The van der Waals surface area contributed by atoms with Gasteiger partial charge in [0.2, 0.25) is 0 Å². The highest BCUT2D eigenvalue weighted by molar-refractivity contribution is 5.98. The van der Waals surface area contributed by atoms with Crippen molar-refractivity contribution in [3.63, 3.8) is 0 Å². The van der Waals surface area contributed by atoms with Gasteiger partial charge in [-0.15, -0.1) is 0 Å². The Morgan fingerprint density at radius 3 is 2.41 bits per heavy atom. The maximum Gasteiger partial charge on any atom is 0.354 e. The van der Waals surface area contributed by atoms with E-state index in [-0.39, 0.29) is 5.69 Å². The monoisotopic (exact) mass is 381 g/mol. The number of benzene rings is 2. The van der Waals surface area contributed by atoms with Crippen LogP contribution in [0.2, 0.25) is 0 Å². The van der Waals surface area contributed by atoms with Gasteiger partial charge >= 0.3 is 5.97 Å². The molecule has 140 valence electrons. The lowest BCUT2D eigenvalue weighted by atomic mass is 10.0. The zero-order chi connectivity index (χ0) is 19.8. The number of hydrogen-bond acceptors (Lipinski definition) is 4. The van der Waals surface area contributed by atoms with Crippen LogP contribution >= 0.6 is 0 Å². The maximum atomic E-state index is 11.6. The number of nitrogens with zero attached hydrogens (tertiary/aromatic N) is 4. The van der Waals surface area contributed by atoms with Crippen molar-refractivity contribution in [2.45, 2.75) is 0 Å². The molecule has 3 aromatic heterocycles. The summed E-state index contributed by atoms with van der Waals surface area (Å²) in [5.41, 5.74) is 4.84. The van der Waals surface area contributed by atoms with Crippen LogP contribution in [0.15, 0.2) is 79.3 Å². The zero-order valence-corrected chi connectivity index (χ0v) is 15.1. The Morgan fingerprint density at radius 1 is 0.966 bits per heavy atom. The Morgan fingerprint density at radius 2 is 1.69 bits per heavy atom. The van der Waals surface area contributed by atoms with Gasteiger partial charge in [0.1, 0.15) is 16.9 Å². The lowest BCUT2D eigenvalue weighted by molar-refractivity contribution is 0.0691. The van der Waals surface area contributed by atoms with E-state index in [9.17, 15) is 9.90 Å². The zero-order valence-electron chi connectivity index (χ0n) is 15.1. The molecule has 0 aliphatic heterocycles. The number of aromatic carboxylic acids is 1. The Labute approximate surface area is 165 Å². The third-order valence-corrected chi connectivity index (χ3v) is 4.66. The minimum Gasteiger partial charge on any atom is -0.477 e. The normalized spacial score (nSPS) is 11.0. The molecule has 0 fully saturated rings. The van der Waals surface area contributed by atoms with E-state index in [0.717, 1.165) is 11.3 Å². The summed E-state index contributed by atoms with van der Waals surface area (Å²) in [7, 11) is 0. The molecule has 2 N–H and O–H groups in total. The molecule has 0 aliphatic rings. The molecular weight excluding hydrogens is 366 g/mol. The van der Waals surface area contributed by atoms with E-state index in [2.05, 4.69) is 15.0 Å². The average molecular weight is 381 g/mol. The number of para-hydroxylation sites is 1. The van der Waals surface area contributed by atoms with Gasteiger partial charge in [0.05, 0.1) is 17.5 Å². The summed E-state index contributed by atoms with van der Waals surface area (Å²) in [5, 5.41) is 14.3. The predicted molar refractivity (Wildman–Crippen MR) is 109 cm³/mol. The fourth-order valence-corrected chi connectivity index (χ4v) is 3.31. The minimum atomic E-state index is -1.10. The highest BCUT2D eigenvalue weighted by Crippen LogP contribution is 2.34. The molecule has 7 heteroatoms. The first-order valence-electron chi connectivity index (χ1n) is 8.99. The summed E-state index contributed by atoms with van der Waals surface area (Å²) in [6, 6.07) is 20.9. The number of imidazole rings is 1. The van der Waals surface area contributed by atoms with E-state index < -0.39 is 5.97 Å². The number of carboxylic acid groups (broad SMARTS) is 1. The third-order valence-electron chi connectivity index (χ3n) is 4.66. The van der Waals surface area contributed by atoms with Crippen molar-refractivity contribution in [1.82, 2.24) is 24.7 Å². The highest BCUT2D eigenvalue weighted by atomic mass is 16.4. The van der Waals surface area contributed by atoms with Gasteiger partial charge in [-0.1, -0.05) is 48.5 Å². The molecule has 3 heterocycles. The van der Waals surface area contributed by atoms with Gasteiger partial charge in [-0.25, -0.2) is 19.4 Å². The minimum absolute atomic E-state index is 0.0526. The molecule has 5 aromatic rings. The van der Waals surface area contributed by atoms with Gasteiger partial charge in [0.25, 0.3) is 0 Å². The van der Waals surface area contributed by atoms with Gasteiger partial charge < -0.3 is 10.1 Å². The van der Waals surface area contributed by atoms with Crippen LogP contribution in [0.4, 0.5) is 0 Å². The first-order chi connectivity index (χ1) is 14.2. The molecule has 0 bridgehead atoms. The van der Waals surface area contributed by atoms with E-state index in [1.807, 2.05) is 66.9 Å². The molecule has 2 aromatic carbocycles. The van der Waals surface area contributed by atoms with Crippen molar-refractivity contribution in [3.05, 3.63) is 84.9 Å². The summed E-state index contributed by atoms with van der Waals surface area (Å²) in [4.78, 5) is 23.4. The van der Waals surface area contributed by atoms with E-state index >= 15 is 0 Å². The van der Waals surface area contributed by atoms with Crippen molar-refractivity contribution in [2.24, 2.45) is 0 Å². The summed E-state index contributed by atoms with van der Waals surface area (Å²) in [6.07, 6.45) is 3.39. The molecule has 0 saturated heterocycles. The Balaban J connectivity index is 1.81. The number of fused-ring (bicyclic) bond motifs is 1. The van der Waals surface area contributed by atoms with Gasteiger partial charge in [-0.3, -0.25) is 0 Å². The second kappa shape index (κ2) is 6.72. The SMILES string of the molecule is O=C(O)c1cc2[nH]cnc2c(-c2cn(-c3ccccc3)nc2-c2ccccc2)n1. The molecule has 0 radical (unpaired) electrons. The molecule has 0 unspecified atom stereocenters. The lowest BCUT2D eigenvalue weighted by Crippen LogP contribution is -2.02. The predicted octanol–water partition coefficient (Wildman–Crippen LogP) is 4.18. The number of aromatic nitrogens is 5. The molecule has 7 nitrogen and oxygen atoms in total. The van der Waals surface area contributed by atoms with Crippen molar-refractivity contribution in [2.75, 3.05) is 0 Å². The van der Waals surface area contributed by atoms with Gasteiger partial charge in [0, 0.05) is 17.3 Å². The van der Waals surface area contributed by atoms with Crippen LogP contribution in [0.1, 0.15) is 10.5 Å². The Kier molecular flexibility index (Phi) is 3.91. The van der Waals surface area contributed by atoms with Crippen LogP contribution < -0.4 is 0 Å². The van der Waals surface area contributed by atoms with E-state index in [4.69, 9.17) is 5.10 Å². The first-order valence-corrected chi connectivity index (χ1v) is 8.99. The second-order valence-electron chi connectivity index (χ2n) is 6.50. The van der Waals surface area contributed by atoms with Crippen LogP contribution in [0.5, 0.6) is 0 Å². The highest BCUT2D eigenvalue weighted by Gasteiger charge is 2.21. The molecule has 0 aliphatic carbocycles. The fourth-order valence-electron chi connectivity index (χ4n) is 3.31. The number of hydrogen-bond donors (Lipinski definition) is 2. The maximum absolute atomic E-state index is 11.6. The molecule has 29 heavy (non-hydrogen) atoms. The number of pyridine rings is 1. The largest absolute Gasteiger partial charge is 0.477 e. The number of carboxylic acids is 1. The standard InChI is InChI=1S/C22H15N5O2/c28-22(29)18-11-17-21(24-13-23-17)20(25-18)16-12-27(15-9-5-2-6-10-15)26-19(16)14-7-3-1-4-8-14/h1-13H,(H,23,24)(H,28,29). The summed E-state index contributed by atoms with van der Waals surface area (Å²) >= 11 is 0. The quantitative estimate of drug-likeness (QED) is 0.487. The molecular formula is C22H15N5O2. The number of nitrogens with one attached hydrogen (secondary N) is 1. The van der Waals surface area contributed by atoms with E-state index in [1.54, 1.807) is 4.68 Å². The van der Waals surface area contributed by atoms with Crippen LogP contribution in [0, 0.1) is 0 Å². The second-order valence-corrected chi connectivity index (χ2v) is 6.50. The molecule has 0 spiro atoms. The molecule has 0 amide bonds. The van der Waals surface area contributed by atoms with E-state index in [0.29, 0.717) is 28.0 Å². The molecule has 0 saturated carbocycles. The van der Waals surface area contributed by atoms with Crippen molar-refractivity contribution < 1.29 is 9.90 Å². The average Bonchev–Trinajstić information content (AvgIpc) is 3.41. The number of rotatable bonds is 4. The van der Waals surface area contributed by atoms with Crippen LogP contribution in [-0.4, -0.2) is 35.8 Å². The van der Waals surface area contributed by atoms with Gasteiger partial charge in [-0.05, 0) is 18.2 Å². The molecule has 0 atom stereocenters. The third kappa shape index (κ3) is 2.94. The molecule has 5 rings (SSSR count). The number of H-pyrrole nitrogens is 1. The van der Waals surface area contributed by atoms with Gasteiger partial charge in [-0.2, -0.15) is 5.10 Å². The Hall–Kier alpha value is -4.26. The smallest absolute Gasteiger partial charge is 0.354 e. The summed E-state index contributed by atoms with van der Waals surface area (Å²) < 4.78 is 1.77. The van der Waals surface area contributed by atoms with Crippen LogP contribution in [-0.2, 0) is 0 Å². The topological polar surface area (TPSA) is 96.7 Å². The van der Waals surface area contributed by atoms with Crippen LogP contribution in [0.25, 0.3) is 39.2 Å². The summed E-state index contributed by atoms with van der Waals surface area (Å²) in [5.74, 6) is -1.10. The first kappa shape index (κ1) is 16.9. The van der Waals surface area contributed by atoms with E-state index in [1.165, 1.54) is 12.4 Å². The van der Waals surface area contributed by atoms with Crippen molar-refractivity contribution >= 4 is 17.0 Å².